The molecule has 0 saturated heterocycles. The Morgan fingerprint density at radius 1 is 1.40 bits per heavy atom. The van der Waals surface area contributed by atoms with Crippen molar-refractivity contribution in [1.29, 1.82) is 0 Å². The largest absolute Gasteiger partial charge is 0.397 e. The number of nitrogens with zero attached hydrogens (tertiary/aromatic N) is 1. The molecule has 4 nitrogen and oxygen atoms in total. The van der Waals surface area contributed by atoms with Crippen LogP contribution in [0.1, 0.15) is 30.4 Å². The molecule has 0 spiro atoms. The third-order valence-corrected chi connectivity index (χ3v) is 4.07. The highest BCUT2D eigenvalue weighted by atomic mass is 79.9. The van der Waals surface area contributed by atoms with Gasteiger partial charge in [0.25, 0.3) is 5.91 Å². The molecule has 2 rings (SSSR count). The Labute approximate surface area is 131 Å². The minimum absolute atomic E-state index is 0.154. The van der Waals surface area contributed by atoms with Crippen molar-refractivity contribution in [2.24, 2.45) is 0 Å². The van der Waals surface area contributed by atoms with E-state index in [1.807, 2.05) is 18.4 Å². The van der Waals surface area contributed by atoms with E-state index in [0.717, 1.165) is 4.47 Å². The standard InChI is InChI=1S/C14H15BrClN3O/c1-8(2)19-7-9(17)5-13(19)14(20)18-10-3-4-11(15)12(16)6-10/h3-8H,17H2,1-2H3,(H,18,20). The smallest absolute Gasteiger partial charge is 0.272 e. The number of anilines is 2. The summed E-state index contributed by atoms with van der Waals surface area (Å²) in [6.07, 6.45) is 1.76. The molecule has 0 saturated carbocycles. The van der Waals surface area contributed by atoms with Crippen molar-refractivity contribution in [1.82, 2.24) is 4.57 Å². The molecular weight excluding hydrogens is 342 g/mol. The van der Waals surface area contributed by atoms with Crippen LogP contribution < -0.4 is 11.1 Å². The average molecular weight is 357 g/mol. The number of benzene rings is 1. The molecule has 0 aliphatic carbocycles. The summed E-state index contributed by atoms with van der Waals surface area (Å²) in [6, 6.07) is 7.07. The van der Waals surface area contributed by atoms with Crippen LogP contribution >= 0.6 is 27.5 Å². The molecule has 3 N–H and O–H groups in total. The Morgan fingerprint density at radius 3 is 2.70 bits per heavy atom. The number of hydrogen-bond acceptors (Lipinski definition) is 2. The highest BCUT2D eigenvalue weighted by Crippen LogP contribution is 2.26. The van der Waals surface area contributed by atoms with Gasteiger partial charge in [-0.2, -0.15) is 0 Å². The van der Waals surface area contributed by atoms with Crippen molar-refractivity contribution in [2.45, 2.75) is 19.9 Å². The summed E-state index contributed by atoms with van der Waals surface area (Å²) >= 11 is 9.31. The maximum absolute atomic E-state index is 12.3. The zero-order valence-electron chi connectivity index (χ0n) is 11.2. The molecule has 1 heterocycles. The monoisotopic (exact) mass is 355 g/mol. The molecule has 106 valence electrons. The maximum atomic E-state index is 12.3. The lowest BCUT2D eigenvalue weighted by atomic mass is 10.3. The van der Waals surface area contributed by atoms with Gasteiger partial charge < -0.3 is 15.6 Å². The van der Waals surface area contributed by atoms with Crippen molar-refractivity contribution in [2.75, 3.05) is 11.1 Å². The van der Waals surface area contributed by atoms with Crippen LogP contribution in [0.5, 0.6) is 0 Å². The van der Waals surface area contributed by atoms with E-state index in [4.69, 9.17) is 17.3 Å². The van der Waals surface area contributed by atoms with E-state index in [2.05, 4.69) is 21.2 Å². The van der Waals surface area contributed by atoms with Crippen molar-refractivity contribution < 1.29 is 4.79 Å². The fraction of sp³-hybridized carbons (Fsp3) is 0.214. The van der Waals surface area contributed by atoms with E-state index in [1.54, 1.807) is 30.5 Å². The van der Waals surface area contributed by atoms with Crippen LogP contribution in [0.2, 0.25) is 5.02 Å². The van der Waals surface area contributed by atoms with Crippen molar-refractivity contribution in [3.05, 3.63) is 45.7 Å². The van der Waals surface area contributed by atoms with Gasteiger partial charge in [-0.1, -0.05) is 11.6 Å². The summed E-state index contributed by atoms with van der Waals surface area (Å²) in [4.78, 5) is 12.3. The fourth-order valence-corrected chi connectivity index (χ4v) is 2.31. The normalized spacial score (nSPS) is 10.8. The second-order valence-corrected chi connectivity index (χ2v) is 6.00. The molecule has 1 aromatic carbocycles. The molecule has 0 atom stereocenters. The van der Waals surface area contributed by atoms with Gasteiger partial charge >= 0.3 is 0 Å². The Kier molecular flexibility index (Phi) is 4.40. The van der Waals surface area contributed by atoms with Crippen LogP contribution in [0.25, 0.3) is 0 Å². The van der Waals surface area contributed by atoms with Crippen LogP contribution in [-0.4, -0.2) is 10.5 Å². The average Bonchev–Trinajstić information content (AvgIpc) is 2.76. The van der Waals surface area contributed by atoms with Gasteiger partial charge in [0, 0.05) is 22.4 Å². The SMILES string of the molecule is CC(C)n1cc(N)cc1C(=O)Nc1ccc(Br)c(Cl)c1. The molecule has 1 amide bonds. The van der Waals surface area contributed by atoms with Gasteiger partial charge in [0.15, 0.2) is 0 Å². The summed E-state index contributed by atoms with van der Waals surface area (Å²) in [5.74, 6) is -0.214. The number of nitrogens with two attached hydrogens (primary N) is 1. The summed E-state index contributed by atoms with van der Waals surface area (Å²) in [6.45, 7) is 3.99. The van der Waals surface area contributed by atoms with E-state index in [0.29, 0.717) is 22.1 Å². The Morgan fingerprint density at radius 2 is 2.10 bits per heavy atom. The highest BCUT2D eigenvalue weighted by Gasteiger charge is 2.15. The quantitative estimate of drug-likeness (QED) is 0.860. The molecule has 0 aliphatic rings. The summed E-state index contributed by atoms with van der Waals surface area (Å²) < 4.78 is 2.62. The predicted octanol–water partition coefficient (Wildman–Crippen LogP) is 4.32. The summed E-state index contributed by atoms with van der Waals surface area (Å²) in [5, 5.41) is 3.36. The Hall–Kier alpha value is -1.46. The minimum atomic E-state index is -0.214. The molecule has 2 aromatic rings. The van der Waals surface area contributed by atoms with Crippen LogP contribution in [0, 0.1) is 0 Å². The number of amides is 1. The number of carbonyl (C=O) groups is 1. The van der Waals surface area contributed by atoms with Gasteiger partial charge in [-0.25, -0.2) is 0 Å². The lowest BCUT2D eigenvalue weighted by molar-refractivity contribution is 0.101. The van der Waals surface area contributed by atoms with E-state index < -0.39 is 0 Å². The Bertz CT molecular complexity index is 652. The zero-order valence-corrected chi connectivity index (χ0v) is 13.5. The topological polar surface area (TPSA) is 60.0 Å². The van der Waals surface area contributed by atoms with E-state index in [1.165, 1.54) is 0 Å². The fourth-order valence-electron chi connectivity index (χ4n) is 1.88. The molecule has 1 aromatic heterocycles. The van der Waals surface area contributed by atoms with Crippen LogP contribution in [0.4, 0.5) is 11.4 Å². The lowest BCUT2D eigenvalue weighted by Gasteiger charge is -2.13. The molecule has 0 unspecified atom stereocenters. The molecule has 20 heavy (non-hydrogen) atoms. The van der Waals surface area contributed by atoms with E-state index in [-0.39, 0.29) is 11.9 Å². The second-order valence-electron chi connectivity index (χ2n) is 4.74. The number of halogens is 2. The second kappa shape index (κ2) is 5.89. The van der Waals surface area contributed by atoms with Crippen molar-refractivity contribution in [3.63, 3.8) is 0 Å². The van der Waals surface area contributed by atoms with Crippen LogP contribution in [0.15, 0.2) is 34.9 Å². The number of carbonyl (C=O) groups excluding carboxylic acids is 1. The molecule has 0 radical (unpaired) electrons. The highest BCUT2D eigenvalue weighted by molar-refractivity contribution is 9.10. The van der Waals surface area contributed by atoms with Crippen molar-refractivity contribution >= 4 is 44.8 Å². The van der Waals surface area contributed by atoms with E-state index >= 15 is 0 Å². The first-order valence-electron chi connectivity index (χ1n) is 6.12. The molecular formula is C14H15BrClN3O. The molecule has 6 heteroatoms. The first-order chi connectivity index (χ1) is 9.38. The number of nitrogens with one attached hydrogen (secondary N) is 1. The predicted molar refractivity (Wildman–Crippen MR) is 86.3 cm³/mol. The summed E-state index contributed by atoms with van der Waals surface area (Å²) in [7, 11) is 0. The van der Waals surface area contributed by atoms with E-state index in [9.17, 15) is 4.79 Å². The molecule has 0 fully saturated rings. The van der Waals surface area contributed by atoms with Gasteiger partial charge in [-0.05, 0) is 54.0 Å². The van der Waals surface area contributed by atoms with Gasteiger partial charge in [0.05, 0.1) is 10.7 Å². The van der Waals surface area contributed by atoms with Crippen molar-refractivity contribution in [3.8, 4) is 0 Å². The van der Waals surface area contributed by atoms with Gasteiger partial charge in [-0.3, -0.25) is 4.79 Å². The Balaban J connectivity index is 2.26. The zero-order chi connectivity index (χ0) is 14.9. The summed E-state index contributed by atoms with van der Waals surface area (Å²) in [5.41, 5.74) is 7.49. The number of rotatable bonds is 3. The number of nitrogen functional groups attached to an aromatic ring is 1. The van der Waals surface area contributed by atoms with Crippen LogP contribution in [-0.2, 0) is 0 Å². The number of hydrogen-bond donors (Lipinski definition) is 2. The van der Waals surface area contributed by atoms with Gasteiger partial charge in [0.2, 0.25) is 0 Å². The first-order valence-corrected chi connectivity index (χ1v) is 7.29. The number of aromatic nitrogens is 1. The maximum Gasteiger partial charge on any atom is 0.272 e. The third kappa shape index (κ3) is 3.16. The first kappa shape index (κ1) is 14.9. The minimum Gasteiger partial charge on any atom is -0.397 e. The lowest BCUT2D eigenvalue weighted by Crippen LogP contribution is -2.17. The van der Waals surface area contributed by atoms with Crippen LogP contribution in [0.3, 0.4) is 0 Å². The molecule has 0 bridgehead atoms. The molecule has 0 aliphatic heterocycles. The van der Waals surface area contributed by atoms with Gasteiger partial charge in [0.1, 0.15) is 5.69 Å². The third-order valence-electron chi connectivity index (χ3n) is 2.84. The van der Waals surface area contributed by atoms with Gasteiger partial charge in [-0.15, -0.1) is 0 Å².